The summed E-state index contributed by atoms with van der Waals surface area (Å²) in [5, 5.41) is 16.3. The minimum atomic E-state index is -1.12. The number of carboxylic acids is 1. The number of hydrogen-bond acceptors (Lipinski definition) is 8. The van der Waals surface area contributed by atoms with Gasteiger partial charge in [-0.05, 0) is 35.9 Å². The van der Waals surface area contributed by atoms with Crippen LogP contribution >= 0.6 is 0 Å². The molecule has 1 amide bonds. The molecule has 5 rings (SSSR count). The summed E-state index contributed by atoms with van der Waals surface area (Å²) >= 11 is 0. The minimum absolute atomic E-state index is 0.0329. The monoisotopic (exact) mass is 498 g/mol. The maximum Gasteiger partial charge on any atom is 0.326 e. The summed E-state index contributed by atoms with van der Waals surface area (Å²) in [5.74, 6) is -1.65. The Balaban J connectivity index is 1.23. The molecule has 0 saturated carbocycles. The number of benzene rings is 2. The third-order valence-electron chi connectivity index (χ3n) is 5.81. The average molecular weight is 499 g/mol. The first-order valence-electron chi connectivity index (χ1n) is 11.3. The van der Waals surface area contributed by atoms with Crippen molar-refractivity contribution in [1.82, 2.24) is 30.2 Å². The molecule has 0 aliphatic carbocycles. The number of nitrogens with two attached hydrogens (primary N) is 1. The van der Waals surface area contributed by atoms with Gasteiger partial charge in [0.1, 0.15) is 6.04 Å². The van der Waals surface area contributed by atoms with Crippen LogP contribution in [-0.2, 0) is 17.8 Å². The van der Waals surface area contributed by atoms with Gasteiger partial charge in [-0.3, -0.25) is 14.6 Å². The number of nitrogens with zero attached hydrogens (tertiary/aromatic N) is 3. The van der Waals surface area contributed by atoms with Gasteiger partial charge in [-0.15, -0.1) is 0 Å². The van der Waals surface area contributed by atoms with Crippen molar-refractivity contribution in [2.24, 2.45) is 0 Å². The molecule has 5 aromatic rings. The zero-order chi connectivity index (χ0) is 25.9. The molecule has 0 spiro atoms. The predicted molar refractivity (Wildman–Crippen MR) is 137 cm³/mol. The molecule has 1 atom stereocenters. The number of aromatic amines is 2. The molecule has 0 unspecified atom stereocenters. The molecule has 12 heteroatoms. The zero-order valence-corrected chi connectivity index (χ0v) is 19.4. The van der Waals surface area contributed by atoms with Crippen LogP contribution in [0.4, 0.5) is 11.6 Å². The van der Waals surface area contributed by atoms with Crippen molar-refractivity contribution in [2.75, 3.05) is 11.1 Å². The molecule has 0 radical (unpaired) electrons. The highest BCUT2D eigenvalue weighted by atomic mass is 16.4. The van der Waals surface area contributed by atoms with Crippen LogP contribution in [-0.4, -0.2) is 47.9 Å². The number of amides is 1. The Kier molecular flexibility index (Phi) is 6.20. The first-order chi connectivity index (χ1) is 17.9. The second kappa shape index (κ2) is 9.77. The first-order valence-corrected chi connectivity index (χ1v) is 11.3. The van der Waals surface area contributed by atoms with Crippen molar-refractivity contribution in [1.29, 1.82) is 0 Å². The number of para-hydroxylation sites is 1. The van der Waals surface area contributed by atoms with E-state index < -0.39 is 23.5 Å². The normalized spacial score (nSPS) is 11.9. The molecular formula is C25H22N8O4. The van der Waals surface area contributed by atoms with Crippen LogP contribution in [0.3, 0.4) is 0 Å². The van der Waals surface area contributed by atoms with Crippen molar-refractivity contribution in [3.8, 4) is 0 Å². The molecular weight excluding hydrogens is 476 g/mol. The van der Waals surface area contributed by atoms with E-state index in [9.17, 15) is 19.5 Å². The fourth-order valence-corrected chi connectivity index (χ4v) is 3.95. The van der Waals surface area contributed by atoms with Gasteiger partial charge in [-0.25, -0.2) is 14.8 Å². The first kappa shape index (κ1) is 23.5. The van der Waals surface area contributed by atoms with Crippen LogP contribution in [0.1, 0.15) is 21.6 Å². The number of nitrogen functional groups attached to an aromatic ring is 1. The van der Waals surface area contributed by atoms with Crippen LogP contribution in [0.2, 0.25) is 0 Å². The summed E-state index contributed by atoms with van der Waals surface area (Å²) in [5.41, 5.74) is 8.51. The SMILES string of the molecule is Nc1nc2ncc(CNc3ccc(C(=O)N[C@@H](Cc4c[nH]c5ccccc45)C(=O)O)cc3)nc2c(=O)[nH]1. The lowest BCUT2D eigenvalue weighted by Gasteiger charge is -2.15. The number of carboxylic acid groups (broad SMARTS) is 1. The summed E-state index contributed by atoms with van der Waals surface area (Å²) in [6.07, 6.45) is 3.39. The van der Waals surface area contributed by atoms with Gasteiger partial charge in [0.15, 0.2) is 11.2 Å². The number of nitrogens with one attached hydrogen (secondary N) is 4. The largest absolute Gasteiger partial charge is 0.480 e. The van der Waals surface area contributed by atoms with Crippen molar-refractivity contribution >= 4 is 45.6 Å². The second-order valence-corrected chi connectivity index (χ2v) is 8.34. The lowest BCUT2D eigenvalue weighted by Crippen LogP contribution is -2.42. The number of aliphatic carboxylic acids is 1. The van der Waals surface area contributed by atoms with E-state index in [1.54, 1.807) is 30.5 Å². The van der Waals surface area contributed by atoms with Crippen LogP contribution in [0.25, 0.3) is 22.1 Å². The van der Waals surface area contributed by atoms with E-state index in [1.807, 2.05) is 24.3 Å². The maximum atomic E-state index is 12.8. The molecule has 0 bridgehead atoms. The molecule has 37 heavy (non-hydrogen) atoms. The Morgan fingerprint density at radius 2 is 1.86 bits per heavy atom. The zero-order valence-electron chi connectivity index (χ0n) is 19.4. The maximum absolute atomic E-state index is 12.8. The summed E-state index contributed by atoms with van der Waals surface area (Å²) in [6, 6.07) is 13.0. The summed E-state index contributed by atoms with van der Waals surface area (Å²) in [7, 11) is 0. The number of carbonyl (C=O) groups is 2. The number of carbonyl (C=O) groups excluding carboxylic acids is 1. The standard InChI is InChI=1S/C25H22N8O4/c26-25-32-21-20(23(35)33-25)30-16(12-29-21)11-27-15-7-5-13(6-8-15)22(34)31-19(24(36)37)9-14-10-28-18-4-2-1-3-17(14)18/h1-8,10,12,19,27-28H,9,11H2,(H,31,34)(H,36,37)(H3,26,29,32,33,35)/t19-/m0/s1. The van der Waals surface area contributed by atoms with Gasteiger partial charge in [-0.1, -0.05) is 18.2 Å². The molecule has 0 aliphatic heterocycles. The highest BCUT2D eigenvalue weighted by molar-refractivity contribution is 5.97. The smallest absolute Gasteiger partial charge is 0.326 e. The fourth-order valence-electron chi connectivity index (χ4n) is 3.95. The Morgan fingerprint density at radius 1 is 1.08 bits per heavy atom. The van der Waals surface area contributed by atoms with Crippen molar-refractivity contribution in [3.63, 3.8) is 0 Å². The van der Waals surface area contributed by atoms with Gasteiger partial charge in [0.2, 0.25) is 5.95 Å². The van der Waals surface area contributed by atoms with E-state index in [0.29, 0.717) is 16.9 Å². The fraction of sp³-hybridized carbons (Fsp3) is 0.120. The van der Waals surface area contributed by atoms with E-state index in [2.05, 4.69) is 35.6 Å². The summed E-state index contributed by atoms with van der Waals surface area (Å²) < 4.78 is 0. The van der Waals surface area contributed by atoms with Crippen LogP contribution in [0, 0.1) is 0 Å². The van der Waals surface area contributed by atoms with Crippen LogP contribution in [0.15, 0.2) is 65.7 Å². The van der Waals surface area contributed by atoms with Crippen molar-refractivity contribution in [2.45, 2.75) is 19.0 Å². The van der Waals surface area contributed by atoms with Gasteiger partial charge in [0.05, 0.1) is 18.4 Å². The number of H-pyrrole nitrogens is 2. The average Bonchev–Trinajstić information content (AvgIpc) is 3.30. The van der Waals surface area contributed by atoms with E-state index in [1.165, 1.54) is 6.20 Å². The van der Waals surface area contributed by atoms with E-state index in [4.69, 9.17) is 5.73 Å². The number of rotatable bonds is 8. The number of anilines is 2. The predicted octanol–water partition coefficient (Wildman–Crippen LogP) is 1.81. The van der Waals surface area contributed by atoms with Gasteiger partial charge >= 0.3 is 5.97 Å². The highest BCUT2D eigenvalue weighted by Crippen LogP contribution is 2.19. The number of fused-ring (bicyclic) bond motifs is 2. The summed E-state index contributed by atoms with van der Waals surface area (Å²) in [6.45, 7) is 0.268. The molecule has 12 nitrogen and oxygen atoms in total. The highest BCUT2D eigenvalue weighted by Gasteiger charge is 2.22. The second-order valence-electron chi connectivity index (χ2n) is 8.34. The third kappa shape index (κ3) is 5.07. The number of aromatic nitrogens is 5. The lowest BCUT2D eigenvalue weighted by atomic mass is 10.0. The minimum Gasteiger partial charge on any atom is -0.480 e. The van der Waals surface area contributed by atoms with Crippen molar-refractivity contribution in [3.05, 3.63) is 88.1 Å². The van der Waals surface area contributed by atoms with Gasteiger partial charge in [0.25, 0.3) is 11.5 Å². The van der Waals surface area contributed by atoms with E-state index in [-0.39, 0.29) is 30.1 Å². The number of hydrogen-bond donors (Lipinski definition) is 6. The Labute approximate surface area is 209 Å². The summed E-state index contributed by atoms with van der Waals surface area (Å²) in [4.78, 5) is 54.4. The van der Waals surface area contributed by atoms with Gasteiger partial charge < -0.3 is 26.5 Å². The Morgan fingerprint density at radius 3 is 2.65 bits per heavy atom. The molecule has 7 N–H and O–H groups in total. The molecule has 3 heterocycles. The Hall–Kier alpha value is -5.26. The molecule has 186 valence electrons. The quantitative estimate of drug-likeness (QED) is 0.185. The van der Waals surface area contributed by atoms with E-state index >= 15 is 0 Å². The topological polar surface area (TPSA) is 192 Å². The molecule has 0 aliphatic rings. The van der Waals surface area contributed by atoms with Gasteiger partial charge in [0, 0.05) is 34.8 Å². The van der Waals surface area contributed by atoms with Gasteiger partial charge in [-0.2, -0.15) is 4.98 Å². The molecule has 0 saturated heterocycles. The lowest BCUT2D eigenvalue weighted by molar-refractivity contribution is -0.139. The molecule has 0 fully saturated rings. The molecule has 2 aromatic carbocycles. The third-order valence-corrected chi connectivity index (χ3v) is 5.81. The Bertz CT molecular complexity index is 1680. The van der Waals surface area contributed by atoms with Crippen LogP contribution in [0.5, 0.6) is 0 Å². The van der Waals surface area contributed by atoms with E-state index in [0.717, 1.165) is 16.5 Å². The molecule has 3 aromatic heterocycles. The van der Waals surface area contributed by atoms with Crippen molar-refractivity contribution < 1.29 is 14.7 Å². The van der Waals surface area contributed by atoms with Crippen LogP contribution < -0.4 is 21.9 Å².